The molecule has 19 heavy (non-hydrogen) atoms. The average Bonchev–Trinajstić information content (AvgIpc) is 2.27. The van der Waals surface area contributed by atoms with E-state index in [1.165, 1.54) is 18.4 Å². The van der Waals surface area contributed by atoms with E-state index in [-0.39, 0.29) is 5.54 Å². The van der Waals surface area contributed by atoms with Crippen LogP contribution in [0.2, 0.25) is 0 Å². The van der Waals surface area contributed by atoms with Crippen molar-refractivity contribution in [3.8, 4) is 0 Å². The van der Waals surface area contributed by atoms with Gasteiger partial charge < -0.3 is 5.73 Å². The van der Waals surface area contributed by atoms with Crippen molar-refractivity contribution in [2.24, 2.45) is 17.1 Å². The van der Waals surface area contributed by atoms with Crippen molar-refractivity contribution in [2.45, 2.75) is 58.4 Å². The zero-order valence-corrected chi connectivity index (χ0v) is 13.8. The third-order valence-electron chi connectivity index (χ3n) is 4.52. The Morgan fingerprint density at radius 3 is 2.47 bits per heavy atom. The zero-order valence-electron chi connectivity index (χ0n) is 12.2. The van der Waals surface area contributed by atoms with Crippen molar-refractivity contribution in [1.29, 1.82) is 0 Å². The Labute approximate surface area is 125 Å². The molecule has 0 saturated heterocycles. The molecular weight excluding hydrogens is 300 g/mol. The maximum atomic E-state index is 6.60. The fourth-order valence-electron chi connectivity index (χ4n) is 3.19. The van der Waals surface area contributed by atoms with Gasteiger partial charge in [0.1, 0.15) is 0 Å². The second-order valence-electron chi connectivity index (χ2n) is 7.19. The highest BCUT2D eigenvalue weighted by Crippen LogP contribution is 2.41. The van der Waals surface area contributed by atoms with Gasteiger partial charge in [0, 0.05) is 22.4 Å². The lowest BCUT2D eigenvalue weighted by Gasteiger charge is -2.42. The monoisotopic (exact) mass is 324 g/mol. The van der Waals surface area contributed by atoms with Crippen molar-refractivity contribution < 1.29 is 0 Å². The minimum Gasteiger partial charge on any atom is -0.325 e. The van der Waals surface area contributed by atoms with Crippen LogP contribution >= 0.6 is 15.9 Å². The first kappa shape index (κ1) is 15.0. The van der Waals surface area contributed by atoms with Crippen molar-refractivity contribution in [3.63, 3.8) is 0 Å². The predicted molar refractivity (Wildman–Crippen MR) is 84.0 cm³/mol. The fourth-order valence-corrected chi connectivity index (χ4v) is 3.61. The second-order valence-corrected chi connectivity index (χ2v) is 8.11. The average molecular weight is 325 g/mol. The van der Waals surface area contributed by atoms with E-state index in [9.17, 15) is 0 Å². The molecule has 2 N–H and O–H groups in total. The maximum absolute atomic E-state index is 6.60. The summed E-state index contributed by atoms with van der Waals surface area (Å²) in [5.74, 6) is 0.810. The summed E-state index contributed by atoms with van der Waals surface area (Å²) >= 11 is 3.48. The highest BCUT2D eigenvalue weighted by Gasteiger charge is 2.36. The molecule has 0 aromatic carbocycles. The molecule has 1 heterocycles. The van der Waals surface area contributed by atoms with Crippen molar-refractivity contribution in [1.82, 2.24) is 4.98 Å². The number of halogens is 1. The summed E-state index contributed by atoms with van der Waals surface area (Å²) in [6.07, 6.45) is 9.46. The SMILES string of the molecule is CC(C)(C)C1CCC(N)(Cc2cncc(Br)c2)CC1. The summed E-state index contributed by atoms with van der Waals surface area (Å²) in [6, 6.07) is 2.14. The molecule has 2 nitrogen and oxygen atoms in total. The Balaban J connectivity index is 1.99. The van der Waals surface area contributed by atoms with E-state index in [4.69, 9.17) is 5.73 Å². The van der Waals surface area contributed by atoms with Gasteiger partial charge in [-0.2, -0.15) is 0 Å². The minimum atomic E-state index is -0.0375. The fraction of sp³-hybridized carbons (Fsp3) is 0.688. The van der Waals surface area contributed by atoms with Gasteiger partial charge in [0.15, 0.2) is 0 Å². The standard InChI is InChI=1S/C16H25BrN2/c1-15(2,3)13-4-6-16(18,7-5-13)9-12-8-14(17)11-19-10-12/h8,10-11,13H,4-7,9,18H2,1-3H3. The third-order valence-corrected chi connectivity index (χ3v) is 4.96. The lowest BCUT2D eigenvalue weighted by Crippen LogP contribution is -2.46. The summed E-state index contributed by atoms with van der Waals surface area (Å²) in [4.78, 5) is 4.23. The first-order chi connectivity index (χ1) is 8.78. The number of hydrogen-bond donors (Lipinski definition) is 1. The first-order valence-electron chi connectivity index (χ1n) is 7.17. The number of nitrogens with two attached hydrogens (primary N) is 1. The lowest BCUT2D eigenvalue weighted by atomic mass is 9.66. The van der Waals surface area contributed by atoms with E-state index in [2.05, 4.69) is 47.8 Å². The molecule has 0 atom stereocenters. The Hall–Kier alpha value is -0.410. The topological polar surface area (TPSA) is 38.9 Å². The van der Waals surface area contributed by atoms with Crippen LogP contribution in [0, 0.1) is 11.3 Å². The zero-order chi connectivity index (χ0) is 14.1. The number of aromatic nitrogens is 1. The molecule has 2 rings (SSSR count). The van der Waals surface area contributed by atoms with E-state index >= 15 is 0 Å². The van der Waals surface area contributed by atoms with E-state index in [1.807, 2.05) is 12.4 Å². The van der Waals surface area contributed by atoms with Crippen molar-refractivity contribution in [3.05, 3.63) is 28.5 Å². The number of nitrogens with zero attached hydrogens (tertiary/aromatic N) is 1. The Morgan fingerprint density at radius 1 is 1.32 bits per heavy atom. The second kappa shape index (κ2) is 5.53. The lowest BCUT2D eigenvalue weighted by molar-refractivity contribution is 0.134. The number of hydrogen-bond acceptors (Lipinski definition) is 2. The molecule has 0 amide bonds. The van der Waals surface area contributed by atoms with E-state index in [0.29, 0.717) is 5.41 Å². The van der Waals surface area contributed by atoms with Crippen LogP contribution in [0.3, 0.4) is 0 Å². The van der Waals surface area contributed by atoms with Crippen LogP contribution < -0.4 is 5.73 Å². The largest absolute Gasteiger partial charge is 0.325 e. The molecule has 0 bridgehead atoms. The van der Waals surface area contributed by atoms with Gasteiger partial charge in [-0.05, 0) is 71.0 Å². The normalized spacial score (nSPS) is 28.4. The first-order valence-corrected chi connectivity index (χ1v) is 7.96. The van der Waals surface area contributed by atoms with Crippen LogP contribution in [-0.4, -0.2) is 10.5 Å². The summed E-state index contributed by atoms with van der Waals surface area (Å²) in [5, 5.41) is 0. The van der Waals surface area contributed by atoms with Gasteiger partial charge in [-0.1, -0.05) is 20.8 Å². The Kier molecular flexibility index (Phi) is 4.36. The molecule has 1 aliphatic carbocycles. The van der Waals surface area contributed by atoms with Gasteiger partial charge in [0.25, 0.3) is 0 Å². The molecule has 1 aromatic heterocycles. The number of rotatable bonds is 2. The smallest absolute Gasteiger partial charge is 0.0410 e. The molecule has 106 valence electrons. The molecule has 0 radical (unpaired) electrons. The predicted octanol–water partition coefficient (Wildman–Crippen LogP) is 4.32. The summed E-state index contributed by atoms with van der Waals surface area (Å²) in [7, 11) is 0. The van der Waals surface area contributed by atoms with E-state index in [0.717, 1.165) is 29.7 Å². The van der Waals surface area contributed by atoms with Gasteiger partial charge in [0.2, 0.25) is 0 Å². The Bertz CT molecular complexity index is 429. The molecule has 0 unspecified atom stereocenters. The van der Waals surface area contributed by atoms with Gasteiger partial charge >= 0.3 is 0 Å². The van der Waals surface area contributed by atoms with Crippen LogP contribution in [0.15, 0.2) is 22.9 Å². The summed E-state index contributed by atoms with van der Waals surface area (Å²) in [6.45, 7) is 7.04. The van der Waals surface area contributed by atoms with Crippen LogP contribution in [-0.2, 0) is 6.42 Å². The quantitative estimate of drug-likeness (QED) is 0.879. The van der Waals surface area contributed by atoms with Crippen LogP contribution in [0.1, 0.15) is 52.0 Å². The van der Waals surface area contributed by atoms with Crippen LogP contribution in [0.4, 0.5) is 0 Å². The Morgan fingerprint density at radius 2 is 1.95 bits per heavy atom. The minimum absolute atomic E-state index is 0.0375. The van der Waals surface area contributed by atoms with Gasteiger partial charge in [-0.3, -0.25) is 4.98 Å². The van der Waals surface area contributed by atoms with Gasteiger partial charge in [0.05, 0.1) is 0 Å². The third kappa shape index (κ3) is 4.03. The molecule has 1 saturated carbocycles. The number of pyridine rings is 1. The van der Waals surface area contributed by atoms with E-state index in [1.54, 1.807) is 0 Å². The van der Waals surface area contributed by atoms with Crippen molar-refractivity contribution >= 4 is 15.9 Å². The van der Waals surface area contributed by atoms with E-state index < -0.39 is 0 Å². The van der Waals surface area contributed by atoms with Gasteiger partial charge in [-0.25, -0.2) is 0 Å². The molecular formula is C16H25BrN2. The van der Waals surface area contributed by atoms with Crippen molar-refractivity contribution in [2.75, 3.05) is 0 Å². The summed E-state index contributed by atoms with van der Waals surface area (Å²) < 4.78 is 1.04. The summed E-state index contributed by atoms with van der Waals surface area (Å²) in [5.41, 5.74) is 8.22. The highest BCUT2D eigenvalue weighted by atomic mass is 79.9. The molecule has 0 aliphatic heterocycles. The molecule has 1 aliphatic rings. The van der Waals surface area contributed by atoms with Crippen LogP contribution in [0.25, 0.3) is 0 Å². The molecule has 0 spiro atoms. The van der Waals surface area contributed by atoms with Gasteiger partial charge in [-0.15, -0.1) is 0 Å². The highest BCUT2D eigenvalue weighted by molar-refractivity contribution is 9.10. The molecule has 3 heteroatoms. The van der Waals surface area contributed by atoms with Crippen LogP contribution in [0.5, 0.6) is 0 Å². The molecule has 1 aromatic rings. The molecule has 1 fully saturated rings. The maximum Gasteiger partial charge on any atom is 0.0410 e.